The number of aromatic nitrogens is 1. The number of nitrogens with one attached hydrogen (secondary N) is 2. The number of hydrogen-bond donors (Lipinski definition) is 3. The van der Waals surface area contributed by atoms with E-state index in [9.17, 15) is 14.3 Å². The lowest BCUT2D eigenvalue weighted by molar-refractivity contribution is 0.0313. The van der Waals surface area contributed by atoms with Gasteiger partial charge in [-0.3, -0.25) is 4.79 Å². The summed E-state index contributed by atoms with van der Waals surface area (Å²) in [4.78, 5) is 15.0. The molecular formula is C15H19FN2O2. The molecule has 2 aromatic rings. The van der Waals surface area contributed by atoms with Crippen molar-refractivity contribution in [1.29, 1.82) is 0 Å². The first-order valence-corrected chi connectivity index (χ1v) is 6.76. The Morgan fingerprint density at radius 2 is 2.05 bits per heavy atom. The lowest BCUT2D eigenvalue weighted by Gasteiger charge is -2.25. The molecule has 5 heteroatoms. The smallest absolute Gasteiger partial charge is 0.267 e. The fourth-order valence-corrected chi connectivity index (χ4v) is 2.07. The third-order valence-corrected chi connectivity index (χ3v) is 3.72. The van der Waals surface area contributed by atoms with E-state index in [0.717, 1.165) is 0 Å². The second-order valence-electron chi connectivity index (χ2n) is 5.03. The van der Waals surface area contributed by atoms with Gasteiger partial charge in [-0.1, -0.05) is 13.8 Å². The summed E-state index contributed by atoms with van der Waals surface area (Å²) in [6.45, 7) is 3.95. The largest absolute Gasteiger partial charge is 0.388 e. The predicted octanol–water partition coefficient (Wildman–Crippen LogP) is 2.59. The molecule has 0 bridgehead atoms. The number of aliphatic hydroxyl groups is 1. The molecule has 3 N–H and O–H groups in total. The van der Waals surface area contributed by atoms with Gasteiger partial charge in [0.1, 0.15) is 11.5 Å². The molecule has 20 heavy (non-hydrogen) atoms. The fraction of sp³-hybridized carbons (Fsp3) is 0.400. The summed E-state index contributed by atoms with van der Waals surface area (Å²) >= 11 is 0. The molecule has 0 aliphatic heterocycles. The van der Waals surface area contributed by atoms with Crippen LogP contribution in [-0.2, 0) is 0 Å². The molecule has 108 valence electrons. The predicted molar refractivity (Wildman–Crippen MR) is 76.1 cm³/mol. The Kier molecular flexibility index (Phi) is 4.09. The van der Waals surface area contributed by atoms with Crippen LogP contribution in [0.25, 0.3) is 10.9 Å². The molecule has 0 aliphatic rings. The monoisotopic (exact) mass is 278 g/mol. The molecule has 0 atom stereocenters. The topological polar surface area (TPSA) is 65.1 Å². The number of benzene rings is 1. The van der Waals surface area contributed by atoms with Gasteiger partial charge >= 0.3 is 0 Å². The minimum atomic E-state index is -0.881. The van der Waals surface area contributed by atoms with E-state index in [1.807, 2.05) is 13.8 Å². The second kappa shape index (κ2) is 5.63. The molecule has 0 radical (unpaired) electrons. The molecular weight excluding hydrogens is 259 g/mol. The van der Waals surface area contributed by atoms with Crippen molar-refractivity contribution in [2.45, 2.75) is 32.3 Å². The average Bonchev–Trinajstić information content (AvgIpc) is 2.87. The van der Waals surface area contributed by atoms with E-state index in [0.29, 0.717) is 29.4 Å². The van der Waals surface area contributed by atoms with Crippen molar-refractivity contribution in [2.75, 3.05) is 6.54 Å². The maximum atomic E-state index is 13.1. The van der Waals surface area contributed by atoms with Gasteiger partial charge in [-0.25, -0.2) is 4.39 Å². The quantitative estimate of drug-likeness (QED) is 0.787. The van der Waals surface area contributed by atoms with Gasteiger partial charge in [0.25, 0.3) is 5.91 Å². The van der Waals surface area contributed by atoms with Crippen molar-refractivity contribution in [3.63, 3.8) is 0 Å². The van der Waals surface area contributed by atoms with Crippen LogP contribution in [0.15, 0.2) is 24.3 Å². The number of H-pyrrole nitrogens is 1. The maximum absolute atomic E-state index is 13.1. The van der Waals surface area contributed by atoms with E-state index in [2.05, 4.69) is 10.3 Å². The Balaban J connectivity index is 2.11. The second-order valence-corrected chi connectivity index (χ2v) is 5.03. The molecule has 1 aromatic heterocycles. The molecule has 2 rings (SSSR count). The highest BCUT2D eigenvalue weighted by Gasteiger charge is 2.23. The van der Waals surface area contributed by atoms with E-state index < -0.39 is 5.60 Å². The number of hydrogen-bond acceptors (Lipinski definition) is 2. The van der Waals surface area contributed by atoms with Crippen LogP contribution in [0.2, 0.25) is 0 Å². The van der Waals surface area contributed by atoms with Crippen LogP contribution >= 0.6 is 0 Å². The van der Waals surface area contributed by atoms with Crippen LogP contribution < -0.4 is 5.32 Å². The summed E-state index contributed by atoms with van der Waals surface area (Å²) in [5.74, 6) is -0.642. The third-order valence-electron chi connectivity index (χ3n) is 3.72. The van der Waals surface area contributed by atoms with Crippen LogP contribution in [0.4, 0.5) is 4.39 Å². The number of carbonyl (C=O) groups excluding carboxylic acids is 1. The summed E-state index contributed by atoms with van der Waals surface area (Å²) in [5, 5.41) is 13.5. The van der Waals surface area contributed by atoms with Crippen molar-refractivity contribution in [3.8, 4) is 0 Å². The van der Waals surface area contributed by atoms with Gasteiger partial charge < -0.3 is 15.4 Å². The van der Waals surface area contributed by atoms with Crippen molar-refractivity contribution in [2.24, 2.45) is 0 Å². The Labute approximate surface area is 117 Å². The molecule has 0 aliphatic carbocycles. The van der Waals surface area contributed by atoms with Crippen molar-refractivity contribution in [1.82, 2.24) is 10.3 Å². The zero-order valence-electron chi connectivity index (χ0n) is 11.7. The standard InChI is InChI=1S/C15H19FN2O2/c1-3-15(20,4-2)9-17-14(19)13-8-10-7-11(16)5-6-12(10)18-13/h5-8,18,20H,3-4,9H2,1-2H3,(H,17,19). The van der Waals surface area contributed by atoms with Gasteiger partial charge in [0.05, 0.1) is 5.60 Å². The summed E-state index contributed by atoms with van der Waals surface area (Å²) < 4.78 is 13.1. The summed E-state index contributed by atoms with van der Waals surface area (Å²) in [5.41, 5.74) is 0.186. The zero-order valence-corrected chi connectivity index (χ0v) is 11.7. The van der Waals surface area contributed by atoms with Crippen LogP contribution in [0, 0.1) is 5.82 Å². The maximum Gasteiger partial charge on any atom is 0.267 e. The summed E-state index contributed by atoms with van der Waals surface area (Å²) in [6.07, 6.45) is 1.14. The van der Waals surface area contributed by atoms with Gasteiger partial charge in [-0.2, -0.15) is 0 Å². The Hall–Kier alpha value is -1.88. The highest BCUT2D eigenvalue weighted by Crippen LogP contribution is 2.17. The number of rotatable bonds is 5. The Morgan fingerprint density at radius 1 is 1.35 bits per heavy atom. The van der Waals surface area contributed by atoms with Crippen molar-refractivity contribution in [3.05, 3.63) is 35.8 Å². The van der Waals surface area contributed by atoms with E-state index >= 15 is 0 Å². The molecule has 0 saturated heterocycles. The summed E-state index contributed by atoms with van der Waals surface area (Å²) in [6, 6.07) is 5.91. The molecule has 1 aromatic carbocycles. The first-order chi connectivity index (χ1) is 9.47. The van der Waals surface area contributed by atoms with Crippen LogP contribution in [0.1, 0.15) is 37.2 Å². The number of halogens is 1. The number of aromatic amines is 1. The Bertz CT molecular complexity index is 617. The van der Waals surface area contributed by atoms with Crippen LogP contribution in [-0.4, -0.2) is 28.1 Å². The molecule has 1 heterocycles. The highest BCUT2D eigenvalue weighted by atomic mass is 19.1. The summed E-state index contributed by atoms with van der Waals surface area (Å²) in [7, 11) is 0. The normalized spacial score (nSPS) is 11.8. The number of fused-ring (bicyclic) bond motifs is 1. The molecule has 0 fully saturated rings. The molecule has 0 unspecified atom stereocenters. The molecule has 0 saturated carbocycles. The van der Waals surface area contributed by atoms with Crippen molar-refractivity contribution < 1.29 is 14.3 Å². The minimum Gasteiger partial charge on any atom is -0.388 e. The number of carbonyl (C=O) groups is 1. The van der Waals surface area contributed by atoms with Gasteiger partial charge in [-0.05, 0) is 37.1 Å². The fourth-order valence-electron chi connectivity index (χ4n) is 2.07. The van der Waals surface area contributed by atoms with Gasteiger partial charge in [0, 0.05) is 17.4 Å². The van der Waals surface area contributed by atoms with Gasteiger partial charge in [-0.15, -0.1) is 0 Å². The Morgan fingerprint density at radius 3 is 2.70 bits per heavy atom. The SMILES string of the molecule is CCC(O)(CC)CNC(=O)c1cc2cc(F)ccc2[nH]1. The van der Waals surface area contributed by atoms with Gasteiger partial charge in [0.2, 0.25) is 0 Å². The minimum absolute atomic E-state index is 0.197. The van der Waals surface area contributed by atoms with Crippen molar-refractivity contribution >= 4 is 16.8 Å². The molecule has 0 spiro atoms. The number of amides is 1. The van der Waals surface area contributed by atoms with Crippen LogP contribution in [0.3, 0.4) is 0 Å². The van der Waals surface area contributed by atoms with Crippen LogP contribution in [0.5, 0.6) is 0 Å². The van der Waals surface area contributed by atoms with Gasteiger partial charge in [0.15, 0.2) is 0 Å². The van der Waals surface area contributed by atoms with E-state index in [-0.39, 0.29) is 18.3 Å². The first kappa shape index (κ1) is 14.5. The van der Waals surface area contributed by atoms with E-state index in [4.69, 9.17) is 0 Å². The molecule has 4 nitrogen and oxygen atoms in total. The lowest BCUT2D eigenvalue weighted by atomic mass is 9.97. The average molecular weight is 278 g/mol. The van der Waals surface area contributed by atoms with E-state index in [1.54, 1.807) is 12.1 Å². The molecule has 1 amide bonds. The van der Waals surface area contributed by atoms with E-state index in [1.165, 1.54) is 12.1 Å². The highest BCUT2D eigenvalue weighted by molar-refractivity contribution is 5.98. The third kappa shape index (κ3) is 2.99. The lowest BCUT2D eigenvalue weighted by Crippen LogP contribution is -2.42. The zero-order chi connectivity index (χ0) is 14.8. The first-order valence-electron chi connectivity index (χ1n) is 6.76.